The van der Waals surface area contributed by atoms with Gasteiger partial charge in [0.2, 0.25) is 0 Å². The van der Waals surface area contributed by atoms with Crippen LogP contribution in [0.4, 0.5) is 19.0 Å². The van der Waals surface area contributed by atoms with Crippen LogP contribution >= 0.6 is 0 Å². The number of halogens is 3. The van der Waals surface area contributed by atoms with Crippen molar-refractivity contribution in [3.63, 3.8) is 0 Å². The molecule has 3 N–H and O–H groups in total. The van der Waals surface area contributed by atoms with Crippen LogP contribution in [0.3, 0.4) is 0 Å². The molecule has 0 aliphatic carbocycles. The van der Waals surface area contributed by atoms with E-state index < -0.39 is 17.6 Å². The van der Waals surface area contributed by atoms with Gasteiger partial charge in [-0.1, -0.05) is 24.3 Å². The Labute approximate surface area is 203 Å². The summed E-state index contributed by atoms with van der Waals surface area (Å²) in [5, 5.41) is 2.84. The summed E-state index contributed by atoms with van der Waals surface area (Å²) in [7, 11) is 1.57. The van der Waals surface area contributed by atoms with Crippen LogP contribution in [0, 0.1) is 0 Å². The molecule has 1 amide bonds. The van der Waals surface area contributed by atoms with Gasteiger partial charge in [-0.3, -0.25) is 9.36 Å². The molecule has 0 bridgehead atoms. The molecular weight excluding hydrogens is 471 g/mol. The quantitative estimate of drug-likeness (QED) is 0.356. The summed E-state index contributed by atoms with van der Waals surface area (Å²) in [6.07, 6.45) is -4.48. The van der Waals surface area contributed by atoms with Gasteiger partial charge in [0.15, 0.2) is 5.65 Å². The van der Waals surface area contributed by atoms with Crippen molar-refractivity contribution in [3.8, 4) is 11.4 Å². The summed E-state index contributed by atoms with van der Waals surface area (Å²) in [6.45, 7) is 0.218. The van der Waals surface area contributed by atoms with Crippen LogP contribution in [-0.2, 0) is 12.7 Å². The molecule has 5 aromatic rings. The molecule has 0 unspecified atom stereocenters. The number of ether oxygens (including phenoxy) is 1. The van der Waals surface area contributed by atoms with Crippen LogP contribution in [0.1, 0.15) is 21.5 Å². The molecule has 36 heavy (non-hydrogen) atoms. The second kappa shape index (κ2) is 8.88. The monoisotopic (exact) mass is 491 g/mol. The van der Waals surface area contributed by atoms with Gasteiger partial charge >= 0.3 is 6.18 Å². The van der Waals surface area contributed by atoms with Crippen LogP contribution in [0.2, 0.25) is 0 Å². The third kappa shape index (κ3) is 4.17. The number of nitrogens with two attached hydrogens (primary N) is 1. The molecule has 3 aromatic carbocycles. The van der Waals surface area contributed by atoms with Crippen molar-refractivity contribution >= 4 is 33.9 Å². The first-order valence-electron chi connectivity index (χ1n) is 10.9. The van der Waals surface area contributed by atoms with E-state index in [2.05, 4.69) is 15.3 Å². The predicted octanol–water partition coefficient (Wildman–Crippen LogP) is 5.11. The van der Waals surface area contributed by atoms with Gasteiger partial charge < -0.3 is 15.8 Å². The molecule has 0 saturated heterocycles. The van der Waals surface area contributed by atoms with E-state index in [4.69, 9.17) is 10.5 Å². The number of rotatable bonds is 5. The molecule has 2 heterocycles. The van der Waals surface area contributed by atoms with E-state index in [0.29, 0.717) is 22.5 Å². The molecule has 0 aliphatic rings. The normalized spacial score (nSPS) is 11.7. The third-order valence-electron chi connectivity index (χ3n) is 5.79. The Morgan fingerprint density at radius 1 is 0.972 bits per heavy atom. The highest BCUT2D eigenvalue weighted by molar-refractivity contribution is 6.11. The number of hydrogen-bond donors (Lipinski definition) is 2. The Balaban J connectivity index is 1.60. The fraction of sp³-hybridized carbons (Fsp3) is 0.115. The zero-order valence-corrected chi connectivity index (χ0v) is 19.0. The molecule has 5 rings (SSSR count). The number of nitrogen functional groups attached to an aromatic ring is 1. The second-order valence-corrected chi connectivity index (χ2v) is 8.06. The van der Waals surface area contributed by atoms with E-state index in [0.717, 1.165) is 17.7 Å². The summed E-state index contributed by atoms with van der Waals surface area (Å²) < 4.78 is 45.9. The summed E-state index contributed by atoms with van der Waals surface area (Å²) in [4.78, 5) is 22.5. The van der Waals surface area contributed by atoms with Gasteiger partial charge in [0.05, 0.1) is 23.7 Å². The maximum atomic E-state index is 13.3. The van der Waals surface area contributed by atoms with E-state index >= 15 is 0 Å². The summed E-state index contributed by atoms with van der Waals surface area (Å²) in [5.41, 5.74) is 8.51. The summed E-state index contributed by atoms with van der Waals surface area (Å²) in [6, 6.07) is 18.8. The highest BCUT2D eigenvalue weighted by atomic mass is 19.4. The SMILES string of the molecule is COc1ccc(CNC(=O)c2c(N)n(-c3ccc(C(F)(F)F)cc3)c3nc4ccccc4nc23)cc1. The number of nitrogens with zero attached hydrogens (tertiary/aromatic N) is 3. The molecule has 0 spiro atoms. The number of para-hydroxylation sites is 2. The number of benzene rings is 3. The number of amides is 1. The minimum atomic E-state index is -4.48. The topological polar surface area (TPSA) is 95.1 Å². The average molecular weight is 491 g/mol. The Kier molecular flexibility index (Phi) is 5.71. The van der Waals surface area contributed by atoms with Crippen molar-refractivity contribution in [1.29, 1.82) is 0 Å². The standard InChI is InChI=1S/C26H20F3N5O2/c1-36-18-12-6-15(7-13-18)14-31-25(35)21-22-24(33-20-5-3-2-4-19(20)32-22)34(23(21)30)17-10-8-16(9-11-17)26(27,28)29/h2-13H,14,30H2,1H3,(H,31,35). The molecule has 0 fully saturated rings. The molecule has 10 heteroatoms. The summed E-state index contributed by atoms with van der Waals surface area (Å²) >= 11 is 0. The molecule has 0 aliphatic heterocycles. The highest BCUT2D eigenvalue weighted by Gasteiger charge is 2.30. The van der Waals surface area contributed by atoms with Crippen molar-refractivity contribution in [1.82, 2.24) is 19.9 Å². The maximum absolute atomic E-state index is 13.3. The van der Waals surface area contributed by atoms with E-state index in [1.165, 1.54) is 16.7 Å². The minimum absolute atomic E-state index is 0.0206. The largest absolute Gasteiger partial charge is 0.497 e. The van der Waals surface area contributed by atoms with E-state index in [1.54, 1.807) is 43.5 Å². The van der Waals surface area contributed by atoms with Gasteiger partial charge in [-0.2, -0.15) is 13.2 Å². The van der Waals surface area contributed by atoms with E-state index in [-0.39, 0.29) is 29.1 Å². The zero-order chi connectivity index (χ0) is 25.4. The third-order valence-corrected chi connectivity index (χ3v) is 5.79. The van der Waals surface area contributed by atoms with Crippen LogP contribution in [-0.4, -0.2) is 27.6 Å². The second-order valence-electron chi connectivity index (χ2n) is 8.06. The first-order chi connectivity index (χ1) is 17.3. The Morgan fingerprint density at radius 2 is 1.61 bits per heavy atom. The summed E-state index contributed by atoms with van der Waals surface area (Å²) in [5.74, 6) is 0.229. The van der Waals surface area contributed by atoms with Crippen molar-refractivity contribution in [2.75, 3.05) is 12.8 Å². The van der Waals surface area contributed by atoms with Gasteiger partial charge in [-0.25, -0.2) is 9.97 Å². The van der Waals surface area contributed by atoms with Crippen LogP contribution in [0.15, 0.2) is 72.8 Å². The van der Waals surface area contributed by atoms with Gasteiger partial charge in [-0.15, -0.1) is 0 Å². The van der Waals surface area contributed by atoms with Crippen molar-refractivity contribution in [2.45, 2.75) is 12.7 Å². The van der Waals surface area contributed by atoms with Crippen LogP contribution in [0.5, 0.6) is 5.75 Å². The highest BCUT2D eigenvalue weighted by Crippen LogP contribution is 2.33. The molecule has 2 aromatic heterocycles. The van der Waals surface area contributed by atoms with Gasteiger partial charge in [0, 0.05) is 12.2 Å². The Morgan fingerprint density at radius 3 is 2.22 bits per heavy atom. The van der Waals surface area contributed by atoms with Gasteiger partial charge in [0.1, 0.15) is 22.6 Å². The number of hydrogen-bond acceptors (Lipinski definition) is 5. The first-order valence-corrected chi connectivity index (χ1v) is 10.9. The van der Waals surface area contributed by atoms with Crippen molar-refractivity contribution in [2.24, 2.45) is 0 Å². The zero-order valence-electron chi connectivity index (χ0n) is 19.0. The van der Waals surface area contributed by atoms with Crippen molar-refractivity contribution < 1.29 is 22.7 Å². The molecule has 182 valence electrons. The van der Waals surface area contributed by atoms with E-state index in [1.807, 2.05) is 12.1 Å². The number of nitrogens with one attached hydrogen (secondary N) is 1. The molecule has 0 saturated carbocycles. The fourth-order valence-electron chi connectivity index (χ4n) is 3.96. The van der Waals surface area contributed by atoms with Crippen LogP contribution < -0.4 is 15.8 Å². The number of carbonyl (C=O) groups excluding carboxylic acids is 1. The molecular formula is C26H20F3N5O2. The lowest BCUT2D eigenvalue weighted by Crippen LogP contribution is -2.24. The first kappa shape index (κ1) is 23.2. The average Bonchev–Trinajstić information content (AvgIpc) is 3.16. The Bertz CT molecular complexity index is 1580. The number of fused-ring (bicyclic) bond motifs is 2. The lowest BCUT2D eigenvalue weighted by atomic mass is 10.2. The lowest BCUT2D eigenvalue weighted by Gasteiger charge is -2.11. The number of methoxy groups -OCH3 is 1. The number of aromatic nitrogens is 3. The molecule has 0 radical (unpaired) electrons. The molecule has 0 atom stereocenters. The van der Waals surface area contributed by atoms with E-state index in [9.17, 15) is 18.0 Å². The van der Waals surface area contributed by atoms with Crippen molar-refractivity contribution in [3.05, 3.63) is 89.5 Å². The van der Waals surface area contributed by atoms with Gasteiger partial charge in [-0.05, 0) is 54.1 Å². The van der Waals surface area contributed by atoms with Crippen LogP contribution in [0.25, 0.3) is 27.9 Å². The smallest absolute Gasteiger partial charge is 0.416 e. The maximum Gasteiger partial charge on any atom is 0.416 e. The number of anilines is 1. The Hall–Kier alpha value is -4.60. The number of carbonyl (C=O) groups is 1. The predicted molar refractivity (Wildman–Crippen MR) is 130 cm³/mol. The molecule has 7 nitrogen and oxygen atoms in total. The lowest BCUT2D eigenvalue weighted by molar-refractivity contribution is -0.137. The number of alkyl halides is 3. The fourth-order valence-corrected chi connectivity index (χ4v) is 3.96. The minimum Gasteiger partial charge on any atom is -0.497 e. The van der Waals surface area contributed by atoms with Gasteiger partial charge in [0.25, 0.3) is 5.91 Å².